The van der Waals surface area contributed by atoms with Crippen molar-refractivity contribution in [2.24, 2.45) is 0 Å². The normalized spacial score (nSPS) is 14.7. The number of carbonyl (C=O) groups excluding carboxylic acids is 1. The maximum Gasteiger partial charge on any atom is 0.329 e. The number of amides is 2. The van der Waals surface area contributed by atoms with Gasteiger partial charge in [-0.1, -0.05) is 48.5 Å². The Morgan fingerprint density at radius 3 is 2.00 bits per heavy atom. The Balaban J connectivity index is 1.34. The lowest BCUT2D eigenvalue weighted by Crippen LogP contribution is -2.44. The summed E-state index contributed by atoms with van der Waals surface area (Å²) in [5.74, 6) is 0.424. The average Bonchev–Trinajstić information content (AvgIpc) is 3.25. The van der Waals surface area contributed by atoms with Crippen LogP contribution in [0.15, 0.2) is 84.9 Å². The van der Waals surface area contributed by atoms with Gasteiger partial charge in [0.2, 0.25) is 0 Å². The Morgan fingerprint density at radius 1 is 0.833 bits per heavy atom. The van der Waals surface area contributed by atoms with Crippen LogP contribution in [0.4, 0.5) is 16.2 Å². The van der Waals surface area contributed by atoms with Crippen LogP contribution in [0.5, 0.6) is 0 Å². The van der Waals surface area contributed by atoms with Crippen LogP contribution in [0.2, 0.25) is 0 Å². The van der Waals surface area contributed by atoms with Crippen molar-refractivity contribution in [2.45, 2.75) is 18.8 Å². The number of hydrogen-bond donors (Lipinski definition) is 0. The number of rotatable bonds is 3. The lowest BCUT2D eigenvalue weighted by Gasteiger charge is -2.35. The first-order valence-electron chi connectivity index (χ1n) is 10.3. The highest BCUT2D eigenvalue weighted by atomic mass is 32.1. The zero-order chi connectivity index (χ0) is 20.3. The highest BCUT2D eigenvalue weighted by molar-refractivity contribution is 7.18. The predicted octanol–water partition coefficient (Wildman–Crippen LogP) is 6.43. The van der Waals surface area contributed by atoms with Gasteiger partial charge in [0.15, 0.2) is 0 Å². The number of carbonyl (C=O) groups is 1. The van der Waals surface area contributed by atoms with Crippen LogP contribution in [-0.4, -0.2) is 29.0 Å². The molecule has 3 aromatic carbocycles. The summed E-state index contributed by atoms with van der Waals surface area (Å²) in [6, 6.07) is 28.1. The number of benzene rings is 3. The van der Waals surface area contributed by atoms with E-state index in [1.165, 1.54) is 9.71 Å². The fraction of sp³-hybridized carbons (Fsp3) is 0.200. The second kappa shape index (κ2) is 8.28. The standard InChI is InChI=1S/C25H23N3OS/c29-25(28(20-9-3-1-4-10-20)21-11-5-2-6-12-21)27-17-15-19(16-18-27)24-26-22-13-7-8-14-23(22)30-24/h1-14,19H,15-18H2. The molecule has 1 aliphatic rings. The fourth-order valence-corrected chi connectivity index (χ4v) is 5.18. The Morgan fingerprint density at radius 2 is 1.40 bits per heavy atom. The van der Waals surface area contributed by atoms with Crippen molar-refractivity contribution < 1.29 is 4.79 Å². The summed E-state index contributed by atoms with van der Waals surface area (Å²) in [6.45, 7) is 1.49. The number of anilines is 2. The quantitative estimate of drug-likeness (QED) is 0.388. The third-order valence-electron chi connectivity index (χ3n) is 5.65. The first kappa shape index (κ1) is 18.8. The van der Waals surface area contributed by atoms with E-state index in [0.717, 1.165) is 42.8 Å². The molecule has 4 aromatic rings. The van der Waals surface area contributed by atoms with Crippen molar-refractivity contribution in [3.05, 3.63) is 89.9 Å². The number of nitrogens with zero attached hydrogens (tertiary/aromatic N) is 3. The molecule has 0 atom stereocenters. The Hall–Kier alpha value is -3.18. The monoisotopic (exact) mass is 413 g/mol. The second-order valence-corrected chi connectivity index (χ2v) is 8.63. The lowest BCUT2D eigenvalue weighted by atomic mass is 9.98. The maximum atomic E-state index is 13.5. The van der Waals surface area contributed by atoms with Crippen LogP contribution < -0.4 is 4.90 Å². The zero-order valence-electron chi connectivity index (χ0n) is 16.6. The molecular weight excluding hydrogens is 390 g/mol. The minimum atomic E-state index is 0.0372. The van der Waals surface area contributed by atoms with Gasteiger partial charge in [0, 0.05) is 19.0 Å². The van der Waals surface area contributed by atoms with Crippen molar-refractivity contribution in [3.63, 3.8) is 0 Å². The summed E-state index contributed by atoms with van der Waals surface area (Å²) in [5, 5.41) is 1.20. The lowest BCUT2D eigenvalue weighted by molar-refractivity contribution is 0.190. The van der Waals surface area contributed by atoms with Gasteiger partial charge in [-0.3, -0.25) is 4.90 Å². The van der Waals surface area contributed by atoms with E-state index in [1.807, 2.05) is 76.5 Å². The molecule has 150 valence electrons. The molecule has 1 aromatic heterocycles. The predicted molar refractivity (Wildman–Crippen MR) is 124 cm³/mol. The van der Waals surface area contributed by atoms with E-state index in [9.17, 15) is 4.79 Å². The molecule has 0 N–H and O–H groups in total. The number of piperidine rings is 1. The molecule has 4 nitrogen and oxygen atoms in total. The molecule has 2 heterocycles. The van der Waals surface area contributed by atoms with Crippen LogP contribution in [-0.2, 0) is 0 Å². The number of para-hydroxylation sites is 3. The second-order valence-electron chi connectivity index (χ2n) is 7.57. The van der Waals surface area contributed by atoms with Gasteiger partial charge < -0.3 is 4.90 Å². The van der Waals surface area contributed by atoms with Crippen molar-refractivity contribution in [1.29, 1.82) is 0 Å². The van der Waals surface area contributed by atoms with Gasteiger partial charge >= 0.3 is 6.03 Å². The number of aromatic nitrogens is 1. The molecule has 5 rings (SSSR count). The van der Waals surface area contributed by atoms with Gasteiger partial charge in [-0.15, -0.1) is 11.3 Å². The van der Waals surface area contributed by atoms with Crippen LogP contribution in [0.1, 0.15) is 23.8 Å². The minimum Gasteiger partial charge on any atom is -0.324 e. The Bertz CT molecular complexity index is 1060. The number of thiazole rings is 1. The van der Waals surface area contributed by atoms with Crippen LogP contribution in [0.3, 0.4) is 0 Å². The molecule has 0 radical (unpaired) electrons. The van der Waals surface area contributed by atoms with Crippen molar-refractivity contribution in [2.75, 3.05) is 18.0 Å². The molecule has 0 aliphatic carbocycles. The van der Waals surface area contributed by atoms with Crippen LogP contribution in [0.25, 0.3) is 10.2 Å². The maximum absolute atomic E-state index is 13.5. The highest BCUT2D eigenvalue weighted by Gasteiger charge is 2.29. The minimum absolute atomic E-state index is 0.0372. The third-order valence-corrected chi connectivity index (χ3v) is 6.84. The van der Waals surface area contributed by atoms with Gasteiger partial charge in [0.05, 0.1) is 26.6 Å². The van der Waals surface area contributed by atoms with E-state index in [0.29, 0.717) is 5.92 Å². The number of likely N-dealkylation sites (tertiary alicyclic amines) is 1. The summed E-state index contributed by atoms with van der Waals surface area (Å²) in [4.78, 5) is 22.2. The number of fused-ring (bicyclic) bond motifs is 1. The molecule has 30 heavy (non-hydrogen) atoms. The topological polar surface area (TPSA) is 36.4 Å². The van der Waals surface area contributed by atoms with E-state index in [1.54, 1.807) is 11.3 Å². The van der Waals surface area contributed by atoms with Crippen LogP contribution in [0, 0.1) is 0 Å². The van der Waals surface area contributed by atoms with Gasteiger partial charge in [-0.05, 0) is 49.2 Å². The van der Waals surface area contributed by atoms with Crippen molar-refractivity contribution in [3.8, 4) is 0 Å². The summed E-state index contributed by atoms with van der Waals surface area (Å²) < 4.78 is 1.24. The molecule has 0 spiro atoms. The van der Waals surface area contributed by atoms with Crippen molar-refractivity contribution >= 4 is 39.0 Å². The van der Waals surface area contributed by atoms with Gasteiger partial charge in [0.1, 0.15) is 0 Å². The van der Waals surface area contributed by atoms with Crippen LogP contribution >= 0.6 is 11.3 Å². The summed E-state index contributed by atoms with van der Waals surface area (Å²) in [5.41, 5.74) is 2.86. The van der Waals surface area contributed by atoms with E-state index in [4.69, 9.17) is 4.98 Å². The largest absolute Gasteiger partial charge is 0.329 e. The molecule has 1 fully saturated rings. The third kappa shape index (κ3) is 3.68. The Labute approximate surface area is 180 Å². The first-order valence-corrected chi connectivity index (χ1v) is 11.2. The zero-order valence-corrected chi connectivity index (χ0v) is 17.5. The van der Waals surface area contributed by atoms with Crippen molar-refractivity contribution in [1.82, 2.24) is 9.88 Å². The number of hydrogen-bond acceptors (Lipinski definition) is 3. The van der Waals surface area contributed by atoms with E-state index >= 15 is 0 Å². The molecule has 2 amide bonds. The summed E-state index contributed by atoms with van der Waals surface area (Å²) >= 11 is 1.79. The molecule has 1 saturated heterocycles. The molecule has 1 aliphatic heterocycles. The summed E-state index contributed by atoms with van der Waals surface area (Å²) in [7, 11) is 0. The average molecular weight is 414 g/mol. The highest BCUT2D eigenvalue weighted by Crippen LogP contribution is 2.35. The molecule has 0 unspecified atom stereocenters. The van der Waals surface area contributed by atoms with E-state index in [-0.39, 0.29) is 6.03 Å². The Kier molecular flexibility index (Phi) is 5.20. The number of urea groups is 1. The molecule has 0 saturated carbocycles. The first-order chi connectivity index (χ1) is 14.8. The van der Waals surface area contributed by atoms with Gasteiger partial charge in [0.25, 0.3) is 0 Å². The molecule has 0 bridgehead atoms. The molecule has 5 heteroatoms. The van der Waals surface area contributed by atoms with Gasteiger partial charge in [-0.2, -0.15) is 0 Å². The molecular formula is C25H23N3OS. The van der Waals surface area contributed by atoms with E-state index in [2.05, 4.69) is 18.2 Å². The van der Waals surface area contributed by atoms with E-state index < -0.39 is 0 Å². The SMILES string of the molecule is O=C(N1CCC(c2nc3ccccc3s2)CC1)N(c1ccccc1)c1ccccc1. The summed E-state index contributed by atoms with van der Waals surface area (Å²) in [6.07, 6.45) is 1.89. The fourth-order valence-electron chi connectivity index (χ4n) is 4.05. The smallest absolute Gasteiger partial charge is 0.324 e. The van der Waals surface area contributed by atoms with Gasteiger partial charge in [-0.25, -0.2) is 9.78 Å².